The number of hydrogen-bond donors (Lipinski definition) is 0. The summed E-state index contributed by atoms with van der Waals surface area (Å²) in [6.45, 7) is 3.69. The average Bonchev–Trinajstić information content (AvgIpc) is 3.48. The second-order valence-corrected chi connectivity index (χ2v) is 18.1. The standard InChI is InChI=1S/C30H46N4O3SSi/c1-4-10-21(11-5-1)23-19-35-24(31-23)16-34(17-25-32-29(20-36-25)28(39-29)14-8-3-9-15-28)18-26-33-30(27(37-26)38-30)22-12-6-2-7-13-22/h21-23,27H,1-20,39H2/t23-,27?,29+,30-/m1/s1. The average molecular weight is 571 g/mol. The molecule has 3 aliphatic carbocycles. The first kappa shape index (κ1) is 25.6. The van der Waals surface area contributed by atoms with Gasteiger partial charge >= 0.3 is 0 Å². The Kier molecular flexibility index (Phi) is 6.60. The fraction of sp³-hybridized carbons (Fsp3) is 0.900. The van der Waals surface area contributed by atoms with Gasteiger partial charge in [0.25, 0.3) is 0 Å². The predicted molar refractivity (Wildman–Crippen MR) is 160 cm³/mol. The van der Waals surface area contributed by atoms with Crippen LogP contribution in [-0.4, -0.2) is 86.5 Å². The van der Waals surface area contributed by atoms with E-state index >= 15 is 0 Å². The lowest BCUT2D eigenvalue weighted by molar-refractivity contribution is 0.222. The van der Waals surface area contributed by atoms with Crippen LogP contribution in [0.5, 0.6) is 0 Å². The third kappa shape index (κ3) is 4.70. The molecule has 5 heterocycles. The number of thioether (sulfide) groups is 1. The van der Waals surface area contributed by atoms with Gasteiger partial charge in [-0.1, -0.05) is 69.5 Å². The van der Waals surface area contributed by atoms with Crippen LogP contribution in [0.2, 0.25) is 5.04 Å². The van der Waals surface area contributed by atoms with E-state index in [4.69, 9.17) is 29.2 Å². The Morgan fingerprint density at radius 2 is 1.51 bits per heavy atom. The summed E-state index contributed by atoms with van der Waals surface area (Å²) in [5.41, 5.74) is 0.236. The highest BCUT2D eigenvalue weighted by Gasteiger charge is 2.70. The maximum atomic E-state index is 6.43. The Balaban J connectivity index is 0.978. The van der Waals surface area contributed by atoms with Gasteiger partial charge in [0, 0.05) is 0 Å². The van der Waals surface area contributed by atoms with Crippen LogP contribution in [0.4, 0.5) is 0 Å². The first-order chi connectivity index (χ1) is 19.2. The molecule has 8 aliphatic rings. The number of rotatable bonds is 8. The molecular weight excluding hydrogens is 525 g/mol. The van der Waals surface area contributed by atoms with Crippen molar-refractivity contribution in [1.29, 1.82) is 0 Å². The summed E-state index contributed by atoms with van der Waals surface area (Å²) >= 11 is 1.94. The molecule has 0 bridgehead atoms. The Labute approximate surface area is 240 Å². The Morgan fingerprint density at radius 3 is 2.33 bits per heavy atom. The normalized spacial score (nSPS) is 39.8. The van der Waals surface area contributed by atoms with Gasteiger partial charge in [-0.05, 0) is 55.4 Å². The minimum Gasteiger partial charge on any atom is -0.478 e. The maximum Gasteiger partial charge on any atom is 0.200 e. The summed E-state index contributed by atoms with van der Waals surface area (Å²) < 4.78 is 19.0. The van der Waals surface area contributed by atoms with Crippen molar-refractivity contribution in [3.8, 4) is 0 Å². The number of ether oxygens (including phenoxy) is 3. The quantitative estimate of drug-likeness (QED) is 0.308. The van der Waals surface area contributed by atoms with Crippen molar-refractivity contribution >= 4 is 39.0 Å². The number of hydrogen-bond acceptors (Lipinski definition) is 8. The second-order valence-electron chi connectivity index (χ2n) is 13.9. The van der Waals surface area contributed by atoms with Gasteiger partial charge in [0.05, 0.1) is 40.4 Å². The molecule has 39 heavy (non-hydrogen) atoms. The lowest BCUT2D eigenvalue weighted by Crippen LogP contribution is -2.39. The van der Waals surface area contributed by atoms with Crippen LogP contribution in [0.3, 0.4) is 0 Å². The van der Waals surface area contributed by atoms with E-state index in [1.807, 2.05) is 11.8 Å². The van der Waals surface area contributed by atoms with E-state index in [1.165, 1.54) is 96.3 Å². The highest BCUT2D eigenvalue weighted by molar-refractivity contribution is 8.08. The van der Waals surface area contributed by atoms with E-state index in [-0.39, 0.29) is 25.0 Å². The van der Waals surface area contributed by atoms with Crippen LogP contribution in [0, 0.1) is 11.8 Å². The number of fused-ring (bicyclic) bond motifs is 2. The monoisotopic (exact) mass is 570 g/mol. The molecule has 5 aliphatic heterocycles. The lowest BCUT2D eigenvalue weighted by Gasteiger charge is -2.25. The zero-order valence-electron chi connectivity index (χ0n) is 23.6. The largest absolute Gasteiger partial charge is 0.478 e. The van der Waals surface area contributed by atoms with Crippen molar-refractivity contribution in [3.63, 3.8) is 0 Å². The summed E-state index contributed by atoms with van der Waals surface area (Å²) in [7, 11) is -0.193. The van der Waals surface area contributed by atoms with E-state index in [2.05, 4.69) is 4.90 Å². The van der Waals surface area contributed by atoms with Gasteiger partial charge in [0.2, 0.25) is 5.90 Å². The highest BCUT2D eigenvalue weighted by Crippen LogP contribution is 2.67. The van der Waals surface area contributed by atoms with Crippen molar-refractivity contribution in [3.05, 3.63) is 0 Å². The maximum absolute atomic E-state index is 6.43. The van der Waals surface area contributed by atoms with Crippen molar-refractivity contribution < 1.29 is 14.2 Å². The topological polar surface area (TPSA) is 68.0 Å². The van der Waals surface area contributed by atoms with Crippen LogP contribution >= 0.6 is 11.8 Å². The third-order valence-electron chi connectivity index (χ3n) is 11.4. The van der Waals surface area contributed by atoms with Crippen molar-refractivity contribution in [1.82, 2.24) is 4.90 Å². The lowest BCUT2D eigenvalue weighted by atomic mass is 9.84. The Morgan fingerprint density at radius 1 is 0.795 bits per heavy atom. The van der Waals surface area contributed by atoms with E-state index in [0.29, 0.717) is 42.6 Å². The van der Waals surface area contributed by atoms with Gasteiger partial charge in [-0.15, -0.1) is 0 Å². The molecule has 0 aromatic heterocycles. The first-order valence-electron chi connectivity index (χ1n) is 16.2. The molecule has 4 atom stereocenters. The summed E-state index contributed by atoms with van der Waals surface area (Å²) in [5.74, 6) is 4.11. The van der Waals surface area contributed by atoms with Gasteiger partial charge in [-0.2, -0.15) is 0 Å². The summed E-state index contributed by atoms with van der Waals surface area (Å²) in [4.78, 5) is 18.1. The molecule has 9 heteroatoms. The Hall–Kier alpha value is -1.06. The highest BCUT2D eigenvalue weighted by atomic mass is 32.2. The molecule has 214 valence electrons. The molecule has 2 saturated heterocycles. The predicted octanol–water partition coefficient (Wildman–Crippen LogP) is 4.87. The molecule has 1 unspecified atom stereocenters. The van der Waals surface area contributed by atoms with E-state index < -0.39 is 0 Å². The van der Waals surface area contributed by atoms with Crippen molar-refractivity contribution in [2.24, 2.45) is 26.8 Å². The molecule has 3 saturated carbocycles. The number of nitrogens with zero attached hydrogens (tertiary/aromatic N) is 4. The molecule has 7 nitrogen and oxygen atoms in total. The van der Waals surface area contributed by atoms with Gasteiger partial charge in [-0.25, -0.2) is 15.0 Å². The van der Waals surface area contributed by atoms with Crippen molar-refractivity contribution in [2.75, 3.05) is 32.8 Å². The van der Waals surface area contributed by atoms with Gasteiger partial charge in [0.1, 0.15) is 13.2 Å². The fourth-order valence-electron chi connectivity index (χ4n) is 9.00. The van der Waals surface area contributed by atoms with Crippen LogP contribution in [0.15, 0.2) is 15.0 Å². The number of aliphatic imine (C=N–C) groups is 3. The first-order valence-corrected chi connectivity index (χ1v) is 18.5. The molecule has 5 fully saturated rings. The zero-order valence-corrected chi connectivity index (χ0v) is 25.8. The van der Waals surface area contributed by atoms with Crippen molar-refractivity contribution in [2.45, 2.75) is 123 Å². The molecular formula is C30H46N4O3SSi. The van der Waals surface area contributed by atoms with E-state index in [1.54, 1.807) is 0 Å². The molecule has 2 spiro atoms. The second kappa shape index (κ2) is 10.0. The van der Waals surface area contributed by atoms with Crippen LogP contribution in [0.1, 0.15) is 96.3 Å². The van der Waals surface area contributed by atoms with E-state index in [9.17, 15) is 0 Å². The van der Waals surface area contributed by atoms with Gasteiger partial charge < -0.3 is 14.2 Å². The smallest absolute Gasteiger partial charge is 0.200 e. The fourth-order valence-corrected chi connectivity index (χ4v) is 13.2. The minimum atomic E-state index is -0.193. The summed E-state index contributed by atoms with van der Waals surface area (Å²) in [6, 6.07) is 0.341. The molecule has 0 N–H and O–H groups in total. The summed E-state index contributed by atoms with van der Waals surface area (Å²) in [5, 5.41) is 0.764. The van der Waals surface area contributed by atoms with E-state index in [0.717, 1.165) is 30.9 Å². The van der Waals surface area contributed by atoms with Crippen LogP contribution in [-0.2, 0) is 14.2 Å². The van der Waals surface area contributed by atoms with Crippen LogP contribution in [0.25, 0.3) is 0 Å². The molecule has 0 aromatic rings. The minimum absolute atomic E-state index is 0.00723. The van der Waals surface area contributed by atoms with Gasteiger partial charge in [0.15, 0.2) is 22.1 Å². The molecule has 0 radical (unpaired) electrons. The molecule has 0 amide bonds. The Bertz CT molecular complexity index is 1040. The SMILES string of the molecule is C1CCC([C@H]2COC(CN(CC3=N[C@@]4(CO3)[SiH2]C43CCCCC3)CC3=N[C@]4(C5CCCCC5)SC4O3)=N2)CC1. The van der Waals surface area contributed by atoms with Crippen LogP contribution < -0.4 is 0 Å². The molecule has 0 aromatic carbocycles. The third-order valence-corrected chi connectivity index (χ3v) is 16.1. The zero-order chi connectivity index (χ0) is 25.9. The summed E-state index contributed by atoms with van der Waals surface area (Å²) in [6.07, 6.45) is 20.3. The molecule has 8 rings (SSSR count). The van der Waals surface area contributed by atoms with Gasteiger partial charge in [-0.3, -0.25) is 4.90 Å².